The molecule has 3 aliphatic heterocycles. The summed E-state index contributed by atoms with van der Waals surface area (Å²) in [4.78, 5) is 29.7. The first-order chi connectivity index (χ1) is 14.2. The number of amides is 2. The number of methoxy groups -OCH3 is 1. The molecule has 2 amide bonds. The van der Waals surface area contributed by atoms with Crippen molar-refractivity contribution in [1.29, 1.82) is 0 Å². The third kappa shape index (κ3) is 4.64. The van der Waals surface area contributed by atoms with Gasteiger partial charge in [0.25, 0.3) is 0 Å². The Labute approximate surface area is 173 Å². The lowest BCUT2D eigenvalue weighted by Gasteiger charge is -2.56. The molecule has 2 bridgehead atoms. The van der Waals surface area contributed by atoms with E-state index in [0.29, 0.717) is 43.9 Å². The number of ether oxygens (including phenoxy) is 1. The monoisotopic (exact) mass is 399 g/mol. The molecule has 4 rings (SSSR count). The smallest absolute Gasteiger partial charge is 0.223 e. The quantitative estimate of drug-likeness (QED) is 0.762. The number of nitrogens with zero attached hydrogens (tertiary/aromatic N) is 2. The summed E-state index contributed by atoms with van der Waals surface area (Å²) < 4.78 is 5.01. The van der Waals surface area contributed by atoms with Crippen LogP contribution in [-0.4, -0.2) is 67.0 Å². The lowest BCUT2D eigenvalue weighted by atomic mass is 9.72. The van der Waals surface area contributed by atoms with Crippen molar-refractivity contribution in [3.05, 3.63) is 35.9 Å². The first-order valence-electron chi connectivity index (χ1n) is 11.0. The number of carbonyl (C=O) groups is 2. The van der Waals surface area contributed by atoms with Gasteiger partial charge in [0.1, 0.15) is 0 Å². The van der Waals surface area contributed by atoms with Gasteiger partial charge in [-0.2, -0.15) is 0 Å². The maximum atomic E-state index is 12.8. The topological polar surface area (TPSA) is 61.9 Å². The summed E-state index contributed by atoms with van der Waals surface area (Å²) >= 11 is 0. The Morgan fingerprint density at radius 1 is 1.21 bits per heavy atom. The van der Waals surface area contributed by atoms with Crippen molar-refractivity contribution >= 4 is 11.8 Å². The predicted molar refractivity (Wildman–Crippen MR) is 111 cm³/mol. The highest BCUT2D eigenvalue weighted by molar-refractivity contribution is 5.78. The number of hydrogen-bond donors (Lipinski definition) is 1. The fourth-order valence-corrected chi connectivity index (χ4v) is 5.61. The molecule has 0 spiro atoms. The van der Waals surface area contributed by atoms with E-state index < -0.39 is 0 Å². The number of hydrogen-bond acceptors (Lipinski definition) is 4. The zero-order chi connectivity index (χ0) is 20.2. The van der Waals surface area contributed by atoms with Crippen LogP contribution in [0.25, 0.3) is 0 Å². The van der Waals surface area contributed by atoms with Crippen molar-refractivity contribution in [3.63, 3.8) is 0 Å². The Hall–Kier alpha value is -1.92. The molecule has 0 aromatic heterocycles. The molecule has 1 N–H and O–H groups in total. The molecule has 29 heavy (non-hydrogen) atoms. The van der Waals surface area contributed by atoms with E-state index in [2.05, 4.69) is 45.4 Å². The van der Waals surface area contributed by atoms with E-state index in [1.807, 2.05) is 0 Å². The fraction of sp³-hybridized carbons (Fsp3) is 0.652. The molecule has 0 aliphatic carbocycles. The standard InChI is InChI=1S/C23H33N3O3/c1-29-11-10-22(27)24-13-21-19-12-18(20-8-5-9-23(28)26(20)21)15-25(16-19)14-17-6-3-2-4-7-17/h2-4,6-7,18-21H,5,8-16H2,1H3,(H,24,27)/t18-,19+,20+,21+/m1/s1. The van der Waals surface area contributed by atoms with Crippen molar-refractivity contribution in [1.82, 2.24) is 15.1 Å². The second-order valence-electron chi connectivity index (χ2n) is 8.81. The van der Waals surface area contributed by atoms with Crippen molar-refractivity contribution in [2.24, 2.45) is 11.8 Å². The van der Waals surface area contributed by atoms with E-state index >= 15 is 0 Å². The van der Waals surface area contributed by atoms with E-state index in [1.54, 1.807) is 7.11 Å². The van der Waals surface area contributed by atoms with Gasteiger partial charge in [-0.05, 0) is 36.7 Å². The summed E-state index contributed by atoms with van der Waals surface area (Å²) in [6.45, 7) is 3.99. The lowest BCUT2D eigenvalue weighted by molar-refractivity contribution is -0.153. The molecule has 6 heteroatoms. The maximum absolute atomic E-state index is 12.8. The van der Waals surface area contributed by atoms with Crippen molar-refractivity contribution < 1.29 is 14.3 Å². The maximum Gasteiger partial charge on any atom is 0.223 e. The van der Waals surface area contributed by atoms with Gasteiger partial charge in [-0.1, -0.05) is 30.3 Å². The highest BCUT2D eigenvalue weighted by atomic mass is 16.5. The SMILES string of the molecule is COCCC(=O)NC[C@H]1[C@H]2C[C@H](CN(Cc3ccccc3)C2)[C@@H]2CCCC(=O)N21. The average molecular weight is 400 g/mol. The van der Waals surface area contributed by atoms with Crippen LogP contribution in [0.15, 0.2) is 30.3 Å². The molecule has 1 aromatic carbocycles. The van der Waals surface area contributed by atoms with Gasteiger partial charge >= 0.3 is 0 Å². The number of fused-ring (bicyclic) bond motifs is 4. The summed E-state index contributed by atoms with van der Waals surface area (Å²) in [6, 6.07) is 11.1. The summed E-state index contributed by atoms with van der Waals surface area (Å²) in [6.07, 6.45) is 4.27. The van der Waals surface area contributed by atoms with Crippen molar-refractivity contribution in [3.8, 4) is 0 Å². The third-order valence-electron chi connectivity index (χ3n) is 6.86. The van der Waals surface area contributed by atoms with Crippen LogP contribution in [0.1, 0.15) is 37.7 Å². The minimum absolute atomic E-state index is 0.00642. The van der Waals surface area contributed by atoms with Gasteiger partial charge in [-0.25, -0.2) is 0 Å². The van der Waals surface area contributed by atoms with E-state index in [-0.39, 0.29) is 17.9 Å². The molecule has 1 aromatic rings. The van der Waals surface area contributed by atoms with E-state index in [4.69, 9.17) is 4.74 Å². The van der Waals surface area contributed by atoms with E-state index in [9.17, 15) is 9.59 Å². The highest BCUT2D eigenvalue weighted by Crippen LogP contribution is 2.41. The molecular formula is C23H33N3O3. The Morgan fingerprint density at radius 2 is 2.00 bits per heavy atom. The molecule has 3 fully saturated rings. The van der Waals surface area contributed by atoms with Gasteiger partial charge in [0.05, 0.1) is 12.6 Å². The molecule has 3 saturated heterocycles. The number of benzene rings is 1. The van der Waals surface area contributed by atoms with Crippen LogP contribution in [0, 0.1) is 11.8 Å². The van der Waals surface area contributed by atoms with Crippen molar-refractivity contribution in [2.75, 3.05) is 33.4 Å². The Kier molecular flexibility index (Phi) is 6.50. The minimum atomic E-state index is 0.00642. The van der Waals surface area contributed by atoms with Crippen LogP contribution < -0.4 is 5.32 Å². The first kappa shape index (κ1) is 20.4. The Morgan fingerprint density at radius 3 is 2.79 bits per heavy atom. The molecule has 6 nitrogen and oxygen atoms in total. The van der Waals surface area contributed by atoms with Gasteiger partial charge in [0, 0.05) is 52.2 Å². The molecular weight excluding hydrogens is 366 g/mol. The number of nitrogens with one attached hydrogen (secondary N) is 1. The molecule has 0 unspecified atom stereocenters. The van der Waals surface area contributed by atoms with Gasteiger partial charge < -0.3 is 15.0 Å². The van der Waals surface area contributed by atoms with E-state index in [1.165, 1.54) is 12.0 Å². The number of piperidine rings is 3. The number of carbonyl (C=O) groups excluding carboxylic acids is 2. The summed E-state index contributed by atoms with van der Waals surface area (Å²) in [5.41, 5.74) is 1.34. The molecule has 3 heterocycles. The van der Waals surface area contributed by atoms with Crippen LogP contribution in [0.2, 0.25) is 0 Å². The normalized spacial score (nSPS) is 29.4. The fourth-order valence-electron chi connectivity index (χ4n) is 5.61. The Bertz CT molecular complexity index is 711. The molecule has 0 saturated carbocycles. The van der Waals surface area contributed by atoms with E-state index in [0.717, 1.165) is 32.5 Å². The molecule has 3 aliphatic rings. The number of rotatable bonds is 7. The minimum Gasteiger partial charge on any atom is -0.384 e. The first-order valence-corrected chi connectivity index (χ1v) is 11.0. The predicted octanol–water partition coefficient (Wildman–Crippen LogP) is 2.04. The molecule has 4 atom stereocenters. The van der Waals surface area contributed by atoms with Gasteiger partial charge in [0.2, 0.25) is 11.8 Å². The highest BCUT2D eigenvalue weighted by Gasteiger charge is 2.49. The summed E-state index contributed by atoms with van der Waals surface area (Å²) in [7, 11) is 1.61. The lowest BCUT2D eigenvalue weighted by Crippen LogP contribution is -2.67. The van der Waals surface area contributed by atoms with Crippen LogP contribution in [0.3, 0.4) is 0 Å². The van der Waals surface area contributed by atoms with Crippen LogP contribution in [0.4, 0.5) is 0 Å². The van der Waals surface area contributed by atoms with Gasteiger partial charge in [-0.15, -0.1) is 0 Å². The average Bonchev–Trinajstić information content (AvgIpc) is 2.73. The zero-order valence-electron chi connectivity index (χ0n) is 17.4. The Balaban J connectivity index is 1.47. The van der Waals surface area contributed by atoms with Crippen molar-refractivity contribution in [2.45, 2.75) is 50.7 Å². The van der Waals surface area contributed by atoms with Crippen LogP contribution in [0.5, 0.6) is 0 Å². The third-order valence-corrected chi connectivity index (χ3v) is 6.86. The largest absolute Gasteiger partial charge is 0.384 e. The number of likely N-dealkylation sites (tertiary alicyclic amines) is 1. The zero-order valence-corrected chi connectivity index (χ0v) is 17.4. The van der Waals surface area contributed by atoms with Crippen LogP contribution in [-0.2, 0) is 20.9 Å². The van der Waals surface area contributed by atoms with Gasteiger partial charge in [0.15, 0.2) is 0 Å². The molecule has 158 valence electrons. The van der Waals surface area contributed by atoms with Crippen LogP contribution >= 0.6 is 0 Å². The summed E-state index contributed by atoms with van der Waals surface area (Å²) in [5.74, 6) is 1.25. The molecule has 0 radical (unpaired) electrons. The second-order valence-corrected chi connectivity index (χ2v) is 8.81. The van der Waals surface area contributed by atoms with Gasteiger partial charge in [-0.3, -0.25) is 14.5 Å². The summed E-state index contributed by atoms with van der Waals surface area (Å²) in [5, 5.41) is 3.08. The second kappa shape index (κ2) is 9.26.